The summed E-state index contributed by atoms with van der Waals surface area (Å²) in [5, 5.41) is 6.62. The van der Waals surface area contributed by atoms with E-state index in [1.807, 2.05) is 0 Å². The first kappa shape index (κ1) is 29.7. The average molecular weight is 579 g/mol. The molecule has 0 aliphatic carbocycles. The third-order valence-electron chi connectivity index (χ3n) is 4.58. The SMILES string of the molecule is O=S(=O)(CCCCCCS(=O)(=O)CN=NS(=O)(=O)c1ccccc1)CN=NS(=O)(=O)c1ccccc1. The Morgan fingerprint density at radius 2 is 0.806 bits per heavy atom. The van der Waals surface area contributed by atoms with Crippen LogP contribution in [-0.4, -0.2) is 56.9 Å². The van der Waals surface area contributed by atoms with E-state index in [0.717, 1.165) is 0 Å². The van der Waals surface area contributed by atoms with E-state index >= 15 is 0 Å². The van der Waals surface area contributed by atoms with Crippen LogP contribution in [0.25, 0.3) is 0 Å². The third-order valence-corrected chi connectivity index (χ3v) is 9.82. The standard InChI is InChI=1S/C20H26N4O8S4/c25-33(26,17-21-23-35(29,30)19-11-5-3-6-12-19)15-9-1-2-10-16-34(27,28)18-22-24-36(31,32)20-13-7-4-8-14-20/h3-8,11-14H,1-2,9-10,15-18H2. The van der Waals surface area contributed by atoms with Gasteiger partial charge in [-0.3, -0.25) is 0 Å². The first-order valence-corrected chi connectivity index (χ1v) is 17.1. The molecule has 0 bridgehead atoms. The van der Waals surface area contributed by atoms with Crippen molar-refractivity contribution in [1.29, 1.82) is 0 Å². The van der Waals surface area contributed by atoms with Crippen molar-refractivity contribution < 1.29 is 33.7 Å². The van der Waals surface area contributed by atoms with Gasteiger partial charge in [-0.1, -0.05) is 58.3 Å². The molecule has 36 heavy (non-hydrogen) atoms. The van der Waals surface area contributed by atoms with Gasteiger partial charge in [0.2, 0.25) is 0 Å². The van der Waals surface area contributed by atoms with Gasteiger partial charge in [-0.15, -0.1) is 0 Å². The van der Waals surface area contributed by atoms with E-state index in [2.05, 4.69) is 19.3 Å². The quantitative estimate of drug-likeness (QED) is 0.228. The molecule has 0 fully saturated rings. The van der Waals surface area contributed by atoms with Crippen LogP contribution in [0.5, 0.6) is 0 Å². The lowest BCUT2D eigenvalue weighted by molar-refractivity contribution is 0.580. The van der Waals surface area contributed by atoms with E-state index in [1.165, 1.54) is 48.5 Å². The molecule has 0 atom stereocenters. The lowest BCUT2D eigenvalue weighted by Gasteiger charge is -2.03. The molecule has 0 heterocycles. The zero-order chi connectivity index (χ0) is 26.7. The number of sulfonamides is 2. The van der Waals surface area contributed by atoms with Gasteiger partial charge in [0.15, 0.2) is 31.4 Å². The van der Waals surface area contributed by atoms with Gasteiger partial charge >= 0.3 is 0 Å². The van der Waals surface area contributed by atoms with Crippen molar-refractivity contribution in [3.63, 3.8) is 0 Å². The summed E-state index contributed by atoms with van der Waals surface area (Å²) in [6, 6.07) is 14.5. The topological polar surface area (TPSA) is 186 Å². The molecule has 0 saturated heterocycles. The van der Waals surface area contributed by atoms with Gasteiger partial charge in [-0.05, 0) is 37.1 Å². The lowest BCUT2D eigenvalue weighted by atomic mass is 10.2. The Labute approximate surface area is 211 Å². The van der Waals surface area contributed by atoms with Crippen LogP contribution < -0.4 is 0 Å². The highest BCUT2D eigenvalue weighted by Crippen LogP contribution is 2.13. The Balaban J connectivity index is 1.69. The molecular weight excluding hydrogens is 553 g/mol. The molecule has 0 aliphatic rings. The lowest BCUT2D eigenvalue weighted by Crippen LogP contribution is -2.11. The van der Waals surface area contributed by atoms with Crippen LogP contribution in [0.15, 0.2) is 89.7 Å². The van der Waals surface area contributed by atoms with Gasteiger partial charge in [-0.25, -0.2) is 16.8 Å². The molecule has 0 N–H and O–H groups in total. The predicted octanol–water partition coefficient (Wildman–Crippen LogP) is 2.97. The minimum absolute atomic E-state index is 0.0969. The molecule has 0 radical (unpaired) electrons. The number of hydrogen-bond donors (Lipinski definition) is 0. The summed E-state index contributed by atoms with van der Waals surface area (Å²) in [5.74, 6) is -2.06. The van der Waals surface area contributed by atoms with Gasteiger partial charge in [0.05, 0.1) is 21.3 Å². The Bertz CT molecular complexity index is 1360. The van der Waals surface area contributed by atoms with Gasteiger partial charge in [-0.2, -0.15) is 27.1 Å². The summed E-state index contributed by atoms with van der Waals surface area (Å²) < 4.78 is 102. The summed E-state index contributed by atoms with van der Waals surface area (Å²) in [6.07, 6.45) is 1.30. The maximum Gasteiger partial charge on any atom is 0.299 e. The number of benzene rings is 2. The highest BCUT2D eigenvalue weighted by molar-refractivity contribution is 7.92. The number of hydrogen-bond acceptors (Lipinski definition) is 10. The number of unbranched alkanes of at least 4 members (excludes halogenated alkanes) is 3. The summed E-state index contributed by atoms with van der Waals surface area (Å²) in [5.41, 5.74) is 0. The molecule has 12 nitrogen and oxygen atoms in total. The monoisotopic (exact) mass is 578 g/mol. The van der Waals surface area contributed by atoms with Crippen LogP contribution in [0.4, 0.5) is 0 Å². The van der Waals surface area contributed by atoms with Crippen molar-refractivity contribution in [1.82, 2.24) is 0 Å². The predicted molar refractivity (Wildman–Crippen MR) is 133 cm³/mol. The molecule has 16 heteroatoms. The number of nitrogens with zero attached hydrogens (tertiary/aromatic N) is 4. The molecule has 2 aromatic carbocycles. The van der Waals surface area contributed by atoms with Crippen molar-refractivity contribution in [3.05, 3.63) is 60.7 Å². The van der Waals surface area contributed by atoms with Gasteiger partial charge < -0.3 is 0 Å². The molecule has 0 aliphatic heterocycles. The van der Waals surface area contributed by atoms with E-state index in [-0.39, 0.29) is 34.1 Å². The Morgan fingerprint density at radius 3 is 1.14 bits per heavy atom. The largest absolute Gasteiger partial charge is 0.299 e. The highest BCUT2D eigenvalue weighted by atomic mass is 32.2. The second-order valence-corrected chi connectivity index (χ2v) is 15.1. The first-order chi connectivity index (χ1) is 16.8. The molecular formula is C20H26N4O8S4. The Morgan fingerprint density at radius 1 is 0.472 bits per heavy atom. The molecule has 0 spiro atoms. The minimum atomic E-state index is -4.07. The van der Waals surface area contributed by atoms with Crippen LogP contribution in [0.1, 0.15) is 25.7 Å². The van der Waals surface area contributed by atoms with Crippen LogP contribution in [-0.2, 0) is 39.7 Å². The van der Waals surface area contributed by atoms with Crippen LogP contribution in [0.2, 0.25) is 0 Å². The second-order valence-electron chi connectivity index (χ2n) is 7.59. The maximum absolute atomic E-state index is 12.0. The Hall–Kier alpha value is -2.56. The van der Waals surface area contributed by atoms with Crippen molar-refractivity contribution in [3.8, 4) is 0 Å². The molecule has 0 unspecified atom stereocenters. The van der Waals surface area contributed by atoms with Crippen LogP contribution in [0, 0.1) is 0 Å². The molecule has 0 amide bonds. The smallest absolute Gasteiger partial charge is 0.227 e. The zero-order valence-corrected chi connectivity index (χ0v) is 22.4. The van der Waals surface area contributed by atoms with Crippen molar-refractivity contribution in [2.75, 3.05) is 23.3 Å². The van der Waals surface area contributed by atoms with Gasteiger partial charge in [0.25, 0.3) is 20.0 Å². The fraction of sp³-hybridized carbons (Fsp3) is 0.400. The van der Waals surface area contributed by atoms with E-state index in [4.69, 9.17) is 0 Å². The number of rotatable bonds is 15. The van der Waals surface area contributed by atoms with E-state index in [0.29, 0.717) is 12.8 Å². The van der Waals surface area contributed by atoms with Crippen molar-refractivity contribution >= 4 is 39.7 Å². The van der Waals surface area contributed by atoms with E-state index in [9.17, 15) is 33.7 Å². The molecule has 0 saturated carbocycles. The van der Waals surface area contributed by atoms with Crippen molar-refractivity contribution in [2.24, 2.45) is 19.3 Å². The van der Waals surface area contributed by atoms with E-state index in [1.54, 1.807) is 12.1 Å². The summed E-state index contributed by atoms with van der Waals surface area (Å²) in [7, 11) is -15.5. The van der Waals surface area contributed by atoms with E-state index < -0.39 is 51.5 Å². The van der Waals surface area contributed by atoms with Gasteiger partial charge in [0.1, 0.15) is 0 Å². The zero-order valence-electron chi connectivity index (χ0n) is 19.1. The third kappa shape index (κ3) is 10.6. The maximum atomic E-state index is 12.0. The molecule has 198 valence electrons. The molecule has 2 rings (SSSR count). The summed E-state index contributed by atoms with van der Waals surface area (Å²) in [6.45, 7) is 0. The normalized spacial score (nSPS) is 13.4. The summed E-state index contributed by atoms with van der Waals surface area (Å²) >= 11 is 0. The molecule has 0 aromatic heterocycles. The van der Waals surface area contributed by atoms with Gasteiger partial charge in [0, 0.05) is 0 Å². The van der Waals surface area contributed by atoms with Crippen LogP contribution >= 0.6 is 0 Å². The highest BCUT2D eigenvalue weighted by Gasteiger charge is 2.16. The second kappa shape index (κ2) is 13.1. The van der Waals surface area contributed by atoms with Crippen LogP contribution in [0.3, 0.4) is 0 Å². The Kier molecular flexibility index (Phi) is 10.8. The minimum Gasteiger partial charge on any atom is -0.227 e. The number of sulfone groups is 2. The fourth-order valence-electron chi connectivity index (χ4n) is 2.78. The fourth-order valence-corrected chi connectivity index (χ4v) is 6.55. The average Bonchev–Trinajstić information content (AvgIpc) is 2.82. The molecule has 2 aromatic rings. The van der Waals surface area contributed by atoms with Crippen molar-refractivity contribution in [2.45, 2.75) is 35.5 Å². The first-order valence-electron chi connectivity index (χ1n) is 10.6. The summed E-state index contributed by atoms with van der Waals surface area (Å²) in [4.78, 5) is -0.194.